The lowest BCUT2D eigenvalue weighted by Gasteiger charge is -2.19. The fourth-order valence-electron chi connectivity index (χ4n) is 2.98. The van der Waals surface area contributed by atoms with Crippen LogP contribution < -0.4 is 11.1 Å². The molecule has 1 atom stereocenters. The maximum atomic E-state index is 12.6. The molecule has 1 aromatic carbocycles. The van der Waals surface area contributed by atoms with Gasteiger partial charge in [-0.2, -0.15) is 0 Å². The Morgan fingerprint density at radius 3 is 2.77 bits per heavy atom. The number of nitrogens with zero attached hydrogens (tertiary/aromatic N) is 1. The largest absolute Gasteiger partial charge is 0.401 e. The lowest BCUT2D eigenvalue weighted by atomic mass is 10.1. The average molecular weight is 414 g/mol. The van der Waals surface area contributed by atoms with Crippen LogP contribution >= 0.6 is 35.0 Å². The lowest BCUT2D eigenvalue weighted by molar-refractivity contribution is -0.116. The Labute approximate surface area is 169 Å². The third kappa shape index (κ3) is 5.68. The fourth-order valence-corrected chi connectivity index (χ4v) is 4.42. The standard InChI is InChI=1S/C19H25Cl2N3OS/c1-12(22)18(19(25)23-9-8-15-5-4-10-24(15)3)26-13(2)16-7-6-14(20)11-17(16)21/h6-7,11,15H,2,4-5,8-10,22H2,1,3H3,(H,23,25)/b18-12-. The number of hydrogen-bond donors (Lipinski definition) is 2. The quantitative estimate of drug-likeness (QED) is 0.646. The molecule has 0 radical (unpaired) electrons. The number of hydrogen-bond acceptors (Lipinski definition) is 4. The van der Waals surface area contributed by atoms with Gasteiger partial charge in [-0.3, -0.25) is 4.79 Å². The van der Waals surface area contributed by atoms with E-state index >= 15 is 0 Å². The molecule has 3 N–H and O–H groups in total. The summed E-state index contributed by atoms with van der Waals surface area (Å²) in [5, 5.41) is 4.02. The molecule has 7 heteroatoms. The first-order chi connectivity index (χ1) is 12.3. The molecule has 2 rings (SSSR count). The molecule has 0 aliphatic carbocycles. The summed E-state index contributed by atoms with van der Waals surface area (Å²) in [6, 6.07) is 5.72. The molecule has 26 heavy (non-hydrogen) atoms. The molecule has 1 unspecified atom stereocenters. The lowest BCUT2D eigenvalue weighted by Crippen LogP contribution is -2.32. The summed E-state index contributed by atoms with van der Waals surface area (Å²) in [4.78, 5) is 16.0. The second kappa shape index (κ2) is 9.70. The molecule has 1 aromatic rings. The van der Waals surface area contributed by atoms with E-state index in [-0.39, 0.29) is 5.91 Å². The topological polar surface area (TPSA) is 58.4 Å². The van der Waals surface area contributed by atoms with E-state index in [0.29, 0.717) is 38.1 Å². The van der Waals surface area contributed by atoms with E-state index in [1.807, 2.05) is 0 Å². The normalized spacial score (nSPS) is 18.5. The summed E-state index contributed by atoms with van der Waals surface area (Å²) in [7, 11) is 2.13. The second-order valence-electron chi connectivity index (χ2n) is 6.48. The number of nitrogens with one attached hydrogen (secondary N) is 1. The molecule has 1 heterocycles. The van der Waals surface area contributed by atoms with Gasteiger partial charge in [0, 0.05) is 33.8 Å². The minimum absolute atomic E-state index is 0.179. The van der Waals surface area contributed by atoms with Gasteiger partial charge in [0.25, 0.3) is 5.91 Å². The van der Waals surface area contributed by atoms with E-state index in [1.165, 1.54) is 24.6 Å². The molecule has 1 aliphatic heterocycles. The Hall–Kier alpha value is -1.14. The van der Waals surface area contributed by atoms with Crippen molar-refractivity contribution in [3.8, 4) is 0 Å². The van der Waals surface area contributed by atoms with E-state index < -0.39 is 0 Å². The van der Waals surface area contributed by atoms with E-state index in [2.05, 4.69) is 23.8 Å². The van der Waals surface area contributed by atoms with Crippen LogP contribution in [-0.2, 0) is 4.79 Å². The van der Waals surface area contributed by atoms with E-state index in [0.717, 1.165) is 18.5 Å². The molecule has 0 saturated carbocycles. The van der Waals surface area contributed by atoms with E-state index in [9.17, 15) is 4.79 Å². The van der Waals surface area contributed by atoms with Gasteiger partial charge in [-0.1, -0.05) is 47.6 Å². The number of likely N-dealkylation sites (tertiary alicyclic amines) is 1. The molecule has 4 nitrogen and oxygen atoms in total. The minimum atomic E-state index is -0.179. The number of halogens is 2. The highest BCUT2D eigenvalue weighted by atomic mass is 35.5. The second-order valence-corrected chi connectivity index (χ2v) is 8.43. The monoisotopic (exact) mass is 413 g/mol. The van der Waals surface area contributed by atoms with Crippen LogP contribution in [0.4, 0.5) is 0 Å². The third-order valence-electron chi connectivity index (χ3n) is 4.46. The third-order valence-corrected chi connectivity index (χ3v) is 6.18. The summed E-state index contributed by atoms with van der Waals surface area (Å²) in [5.74, 6) is -0.179. The predicted octanol–water partition coefficient (Wildman–Crippen LogP) is 4.49. The molecule has 0 spiro atoms. The highest BCUT2D eigenvalue weighted by Gasteiger charge is 2.21. The maximum absolute atomic E-state index is 12.6. The molecular weight excluding hydrogens is 389 g/mol. The number of amides is 1. The number of benzene rings is 1. The van der Waals surface area contributed by atoms with E-state index in [4.69, 9.17) is 28.9 Å². The van der Waals surface area contributed by atoms with Crippen molar-refractivity contribution in [1.82, 2.24) is 10.2 Å². The summed E-state index contributed by atoms with van der Waals surface area (Å²) in [6.07, 6.45) is 3.35. The van der Waals surface area contributed by atoms with Crippen LogP contribution in [0, 0.1) is 0 Å². The van der Waals surface area contributed by atoms with Crippen molar-refractivity contribution in [3.63, 3.8) is 0 Å². The van der Waals surface area contributed by atoms with Crippen LogP contribution in [0.5, 0.6) is 0 Å². The van der Waals surface area contributed by atoms with Crippen molar-refractivity contribution in [2.75, 3.05) is 20.1 Å². The van der Waals surface area contributed by atoms with Crippen molar-refractivity contribution in [1.29, 1.82) is 0 Å². The molecule has 1 aliphatic rings. The first kappa shape index (κ1) is 21.2. The van der Waals surface area contributed by atoms with Crippen LogP contribution in [-0.4, -0.2) is 37.0 Å². The highest BCUT2D eigenvalue weighted by molar-refractivity contribution is 8.12. The summed E-state index contributed by atoms with van der Waals surface area (Å²) >= 11 is 13.4. The zero-order valence-corrected chi connectivity index (χ0v) is 17.5. The van der Waals surface area contributed by atoms with Gasteiger partial charge >= 0.3 is 0 Å². The number of nitrogens with two attached hydrogens (primary N) is 1. The van der Waals surface area contributed by atoms with Gasteiger partial charge in [0.15, 0.2) is 0 Å². The van der Waals surface area contributed by atoms with Crippen molar-refractivity contribution in [2.24, 2.45) is 5.73 Å². The molecule has 142 valence electrons. The van der Waals surface area contributed by atoms with Gasteiger partial charge < -0.3 is 16.0 Å². The fraction of sp³-hybridized carbons (Fsp3) is 0.421. The van der Waals surface area contributed by atoms with E-state index in [1.54, 1.807) is 25.1 Å². The molecule has 1 fully saturated rings. The highest BCUT2D eigenvalue weighted by Crippen LogP contribution is 2.37. The molecule has 0 bridgehead atoms. The van der Waals surface area contributed by atoms with Crippen LogP contribution in [0.1, 0.15) is 31.7 Å². The van der Waals surface area contributed by atoms with Crippen molar-refractivity contribution < 1.29 is 4.79 Å². The Morgan fingerprint density at radius 1 is 1.46 bits per heavy atom. The predicted molar refractivity (Wildman–Crippen MR) is 113 cm³/mol. The molecule has 1 saturated heterocycles. The van der Waals surface area contributed by atoms with Gasteiger partial charge in [-0.05, 0) is 51.9 Å². The first-order valence-electron chi connectivity index (χ1n) is 8.56. The number of carbonyl (C=O) groups excluding carboxylic acids is 1. The summed E-state index contributed by atoms with van der Waals surface area (Å²) in [5.41, 5.74) is 7.13. The Morgan fingerprint density at radius 2 is 2.19 bits per heavy atom. The average Bonchev–Trinajstić information content (AvgIpc) is 2.97. The Balaban J connectivity index is 1.96. The van der Waals surface area contributed by atoms with Gasteiger partial charge in [0.1, 0.15) is 0 Å². The number of rotatable bonds is 7. The minimum Gasteiger partial charge on any atom is -0.401 e. The number of thioether (sulfide) groups is 1. The first-order valence-corrected chi connectivity index (χ1v) is 10.1. The Bertz CT molecular complexity index is 717. The van der Waals surface area contributed by atoms with Crippen molar-refractivity contribution >= 4 is 45.8 Å². The summed E-state index contributed by atoms with van der Waals surface area (Å²) in [6.45, 7) is 7.50. The molecule has 1 amide bonds. The number of carbonyl (C=O) groups is 1. The van der Waals surface area contributed by atoms with Gasteiger partial charge in [0.05, 0.1) is 9.93 Å². The van der Waals surface area contributed by atoms with Gasteiger partial charge in [0.2, 0.25) is 0 Å². The zero-order valence-electron chi connectivity index (χ0n) is 15.1. The van der Waals surface area contributed by atoms with Crippen LogP contribution in [0.25, 0.3) is 4.91 Å². The van der Waals surface area contributed by atoms with Gasteiger partial charge in [-0.25, -0.2) is 0 Å². The van der Waals surface area contributed by atoms with Crippen molar-refractivity contribution in [3.05, 3.63) is 51.0 Å². The van der Waals surface area contributed by atoms with Crippen LogP contribution in [0.2, 0.25) is 10.0 Å². The smallest absolute Gasteiger partial charge is 0.259 e. The maximum Gasteiger partial charge on any atom is 0.259 e. The SMILES string of the molecule is C=C(S/C(C(=O)NCCC1CCCN1C)=C(/C)N)c1ccc(Cl)cc1Cl. The molecule has 0 aromatic heterocycles. The Kier molecular flexibility index (Phi) is 7.89. The summed E-state index contributed by atoms with van der Waals surface area (Å²) < 4.78 is 0. The van der Waals surface area contributed by atoms with Crippen LogP contribution in [0.15, 0.2) is 35.4 Å². The molecular formula is C19H25Cl2N3OS. The zero-order chi connectivity index (χ0) is 19.3. The number of allylic oxidation sites excluding steroid dienone is 1. The van der Waals surface area contributed by atoms with Crippen molar-refractivity contribution in [2.45, 2.75) is 32.2 Å². The van der Waals surface area contributed by atoms with Gasteiger partial charge in [-0.15, -0.1) is 0 Å². The van der Waals surface area contributed by atoms with Crippen LogP contribution in [0.3, 0.4) is 0 Å².